The average Bonchev–Trinajstić information content (AvgIpc) is 2.44. The number of carboxylic acids is 1. The van der Waals surface area contributed by atoms with E-state index in [1.165, 1.54) is 17.0 Å². The van der Waals surface area contributed by atoms with Crippen molar-refractivity contribution in [3.8, 4) is 0 Å². The number of hydrogen-bond donors (Lipinski definition) is 1. The van der Waals surface area contributed by atoms with E-state index in [1.807, 2.05) is 0 Å². The number of carbonyl (C=O) groups excluding carboxylic acids is 1. The van der Waals surface area contributed by atoms with E-state index >= 15 is 0 Å². The number of piperidine rings is 1. The minimum absolute atomic E-state index is 0.248. The first-order valence-electron chi connectivity index (χ1n) is 8.05. The van der Waals surface area contributed by atoms with Crippen molar-refractivity contribution < 1.29 is 23.8 Å². The molecule has 0 spiro atoms. The molecule has 0 aromatic heterocycles. The van der Waals surface area contributed by atoms with Gasteiger partial charge in [-0.1, -0.05) is 6.07 Å². The zero-order valence-corrected chi connectivity index (χ0v) is 14.5. The van der Waals surface area contributed by atoms with Crippen LogP contribution in [0.3, 0.4) is 0 Å². The van der Waals surface area contributed by atoms with Gasteiger partial charge in [-0.05, 0) is 57.4 Å². The molecule has 1 aliphatic rings. The van der Waals surface area contributed by atoms with Crippen LogP contribution in [0.25, 0.3) is 0 Å². The molecule has 0 radical (unpaired) electrons. The fourth-order valence-corrected chi connectivity index (χ4v) is 3.11. The average molecular weight is 337 g/mol. The number of carbonyl (C=O) groups is 2. The van der Waals surface area contributed by atoms with E-state index in [0.29, 0.717) is 18.5 Å². The predicted molar refractivity (Wildman–Crippen MR) is 87.4 cm³/mol. The maximum absolute atomic E-state index is 13.4. The molecule has 132 valence electrons. The Labute approximate surface area is 141 Å². The van der Waals surface area contributed by atoms with E-state index in [1.54, 1.807) is 33.8 Å². The lowest BCUT2D eigenvalue weighted by Gasteiger charge is -2.38. The summed E-state index contributed by atoms with van der Waals surface area (Å²) in [7, 11) is 0. The molecule has 5 nitrogen and oxygen atoms in total. The topological polar surface area (TPSA) is 66.8 Å². The molecule has 1 heterocycles. The van der Waals surface area contributed by atoms with Crippen LogP contribution < -0.4 is 0 Å². The second-order valence-corrected chi connectivity index (χ2v) is 7.27. The fourth-order valence-electron chi connectivity index (χ4n) is 3.11. The third-order valence-corrected chi connectivity index (χ3v) is 4.21. The predicted octanol–water partition coefficient (Wildman–Crippen LogP) is 3.56. The number of ether oxygens (including phenoxy) is 1. The van der Waals surface area contributed by atoms with E-state index < -0.39 is 23.6 Å². The summed E-state index contributed by atoms with van der Waals surface area (Å²) in [6, 6.07) is 4.33. The van der Waals surface area contributed by atoms with Crippen LogP contribution in [0.15, 0.2) is 18.2 Å². The normalized spacial score (nSPS) is 21.5. The first-order valence-corrected chi connectivity index (χ1v) is 8.05. The quantitative estimate of drug-likeness (QED) is 0.896. The summed E-state index contributed by atoms with van der Waals surface area (Å²) in [5.74, 6) is -2.24. The van der Waals surface area contributed by atoms with Crippen LogP contribution in [-0.2, 0) is 9.53 Å². The molecule has 1 amide bonds. The molecule has 1 fully saturated rings. The summed E-state index contributed by atoms with van der Waals surface area (Å²) in [5, 5.41) is 9.52. The highest BCUT2D eigenvalue weighted by molar-refractivity contribution is 5.73. The Hall–Kier alpha value is -2.11. The van der Waals surface area contributed by atoms with E-state index in [0.717, 1.165) is 5.56 Å². The second kappa shape index (κ2) is 6.79. The Morgan fingerprint density at radius 1 is 1.33 bits per heavy atom. The maximum atomic E-state index is 13.4. The number of rotatable bonds is 2. The maximum Gasteiger partial charge on any atom is 0.410 e. The van der Waals surface area contributed by atoms with Crippen molar-refractivity contribution in [2.75, 3.05) is 13.1 Å². The fraction of sp³-hybridized carbons (Fsp3) is 0.556. The lowest BCUT2D eigenvalue weighted by Crippen LogP contribution is -2.46. The van der Waals surface area contributed by atoms with Crippen LogP contribution in [0, 0.1) is 18.7 Å². The lowest BCUT2D eigenvalue weighted by atomic mass is 9.79. The molecule has 1 N–H and O–H groups in total. The van der Waals surface area contributed by atoms with Crippen LogP contribution >= 0.6 is 0 Å². The van der Waals surface area contributed by atoms with Gasteiger partial charge in [-0.3, -0.25) is 4.79 Å². The summed E-state index contributed by atoms with van der Waals surface area (Å²) >= 11 is 0. The molecule has 0 bridgehead atoms. The van der Waals surface area contributed by atoms with Gasteiger partial charge in [0.05, 0.1) is 5.92 Å². The van der Waals surface area contributed by atoms with Gasteiger partial charge in [0.15, 0.2) is 0 Å². The van der Waals surface area contributed by atoms with Crippen LogP contribution in [0.1, 0.15) is 44.2 Å². The second-order valence-electron chi connectivity index (χ2n) is 7.27. The van der Waals surface area contributed by atoms with Crippen LogP contribution in [0.2, 0.25) is 0 Å². The van der Waals surface area contributed by atoms with Crippen LogP contribution in [0.5, 0.6) is 0 Å². The summed E-state index contributed by atoms with van der Waals surface area (Å²) in [6.07, 6.45) is -0.105. The third kappa shape index (κ3) is 4.24. The van der Waals surface area contributed by atoms with Gasteiger partial charge in [0.25, 0.3) is 0 Å². The molecule has 2 atom stereocenters. The number of likely N-dealkylation sites (tertiary alicyclic amines) is 1. The number of nitrogens with zero attached hydrogens (tertiary/aromatic N) is 1. The Kier molecular flexibility index (Phi) is 5.16. The Balaban J connectivity index is 2.27. The largest absolute Gasteiger partial charge is 0.481 e. The molecule has 1 saturated heterocycles. The van der Waals surface area contributed by atoms with E-state index in [2.05, 4.69) is 0 Å². The standard InChI is InChI=1S/C18H24FNO4/c1-11-9-12(19)5-6-13(11)15-10-20(8-7-14(15)16(21)22)17(23)24-18(2,3)4/h5-6,9,14-15H,7-8,10H2,1-4H3,(H,21,22). The van der Waals surface area contributed by atoms with Crippen molar-refractivity contribution in [2.45, 2.75) is 45.6 Å². The minimum atomic E-state index is -0.896. The van der Waals surface area contributed by atoms with Gasteiger partial charge in [0.1, 0.15) is 11.4 Å². The molecule has 1 aliphatic heterocycles. The number of benzene rings is 1. The number of aryl methyl sites for hydroxylation is 1. The third-order valence-electron chi connectivity index (χ3n) is 4.21. The van der Waals surface area contributed by atoms with E-state index in [4.69, 9.17) is 4.74 Å². The van der Waals surface area contributed by atoms with Gasteiger partial charge in [0.2, 0.25) is 0 Å². The molecule has 1 aromatic carbocycles. The number of aliphatic carboxylic acids is 1. The van der Waals surface area contributed by atoms with Crippen molar-refractivity contribution in [3.05, 3.63) is 35.1 Å². The molecule has 0 saturated carbocycles. The van der Waals surface area contributed by atoms with Crippen LogP contribution in [-0.4, -0.2) is 40.8 Å². The smallest absolute Gasteiger partial charge is 0.410 e. The number of halogens is 1. The number of amides is 1. The summed E-state index contributed by atoms with van der Waals surface area (Å²) < 4.78 is 18.7. The Morgan fingerprint density at radius 2 is 2.00 bits per heavy atom. The summed E-state index contributed by atoms with van der Waals surface area (Å²) in [5.41, 5.74) is 0.844. The summed E-state index contributed by atoms with van der Waals surface area (Å²) in [4.78, 5) is 25.5. The van der Waals surface area contributed by atoms with Crippen LogP contribution in [0.4, 0.5) is 9.18 Å². The molecule has 1 aromatic rings. The molecule has 2 unspecified atom stereocenters. The first-order chi connectivity index (χ1) is 11.1. The van der Waals surface area contributed by atoms with Crippen molar-refractivity contribution >= 4 is 12.1 Å². The minimum Gasteiger partial charge on any atom is -0.481 e. The van der Waals surface area contributed by atoms with Crippen molar-refractivity contribution in [1.82, 2.24) is 4.90 Å². The molecule has 24 heavy (non-hydrogen) atoms. The van der Waals surface area contributed by atoms with Crippen molar-refractivity contribution in [3.63, 3.8) is 0 Å². The lowest BCUT2D eigenvalue weighted by molar-refractivity contribution is -0.144. The monoisotopic (exact) mass is 337 g/mol. The zero-order chi connectivity index (χ0) is 18.1. The Morgan fingerprint density at radius 3 is 2.54 bits per heavy atom. The molecule has 0 aliphatic carbocycles. The number of hydrogen-bond acceptors (Lipinski definition) is 3. The molecule has 2 rings (SSSR count). The van der Waals surface area contributed by atoms with Gasteiger partial charge >= 0.3 is 12.1 Å². The molecule has 6 heteroatoms. The SMILES string of the molecule is Cc1cc(F)ccc1C1CN(C(=O)OC(C)(C)C)CCC1C(=O)O. The highest BCUT2D eigenvalue weighted by atomic mass is 19.1. The zero-order valence-electron chi connectivity index (χ0n) is 14.5. The van der Waals surface area contributed by atoms with Gasteiger partial charge in [-0.2, -0.15) is 0 Å². The Bertz CT molecular complexity index is 638. The number of carboxylic acid groups (broad SMARTS) is 1. The van der Waals surface area contributed by atoms with Gasteiger partial charge in [0, 0.05) is 19.0 Å². The van der Waals surface area contributed by atoms with Crippen molar-refractivity contribution in [2.24, 2.45) is 5.92 Å². The van der Waals surface area contributed by atoms with Crippen molar-refractivity contribution in [1.29, 1.82) is 0 Å². The molecular formula is C18H24FNO4. The first kappa shape index (κ1) is 18.2. The van der Waals surface area contributed by atoms with Gasteiger partial charge in [-0.15, -0.1) is 0 Å². The van der Waals surface area contributed by atoms with E-state index in [9.17, 15) is 19.1 Å². The van der Waals surface area contributed by atoms with Gasteiger partial charge in [-0.25, -0.2) is 9.18 Å². The van der Waals surface area contributed by atoms with Gasteiger partial charge < -0.3 is 14.7 Å². The highest BCUT2D eigenvalue weighted by Gasteiger charge is 2.38. The highest BCUT2D eigenvalue weighted by Crippen LogP contribution is 2.35. The van der Waals surface area contributed by atoms with E-state index in [-0.39, 0.29) is 18.3 Å². The molecular weight excluding hydrogens is 313 g/mol. The summed E-state index contributed by atoms with van der Waals surface area (Å²) in [6.45, 7) is 7.70.